The number of benzene rings is 1. The van der Waals surface area contributed by atoms with Gasteiger partial charge in [0.25, 0.3) is 0 Å². The Labute approximate surface area is 105 Å². The quantitative estimate of drug-likeness (QED) is 0.360. The maximum absolute atomic E-state index is 13.0. The Morgan fingerprint density at radius 1 is 1.21 bits per heavy atom. The molecule has 0 heterocycles. The van der Waals surface area contributed by atoms with Crippen LogP contribution in [0.2, 0.25) is 0 Å². The Balaban J connectivity index is 3.28. The lowest BCUT2D eigenvalue weighted by Crippen LogP contribution is -2.29. The minimum absolute atomic E-state index is 0.196. The van der Waals surface area contributed by atoms with Gasteiger partial charge in [-0.25, -0.2) is 22.2 Å². The third-order valence-corrected chi connectivity index (χ3v) is 2.64. The lowest BCUT2D eigenvalue weighted by Gasteiger charge is -2.26. The molecule has 1 aromatic rings. The predicted molar refractivity (Wildman–Crippen MR) is 55.0 cm³/mol. The van der Waals surface area contributed by atoms with Gasteiger partial charge in [-0.05, 0) is 12.1 Å². The summed E-state index contributed by atoms with van der Waals surface area (Å²) < 4.78 is 57.1. The van der Waals surface area contributed by atoms with Crippen molar-refractivity contribution in [2.24, 2.45) is 0 Å². The van der Waals surface area contributed by atoms with E-state index in [4.69, 9.17) is 14.7 Å². The fraction of sp³-hybridized carbons (Fsp3) is 0.143. The van der Waals surface area contributed by atoms with E-state index in [1.54, 1.807) is 0 Å². The Bertz CT molecular complexity index is 477. The van der Waals surface area contributed by atoms with Crippen molar-refractivity contribution >= 4 is 16.9 Å². The van der Waals surface area contributed by atoms with Crippen LogP contribution in [0.4, 0.5) is 13.2 Å². The second-order valence-corrected chi connectivity index (χ2v) is 4.47. The third kappa shape index (κ3) is 4.20. The van der Waals surface area contributed by atoms with Crippen LogP contribution < -0.4 is 0 Å². The second-order valence-electron chi connectivity index (χ2n) is 3.05. The standard InChI is InChI=1S/C7H7F3O7P2/c8-4-1-3(2-5(9)6(4)10)7(11,16-18(12)13)17-19(14)15/h1-2,11-13,19H,(H,14,15). The molecule has 0 radical (unpaired) electrons. The van der Waals surface area contributed by atoms with Crippen molar-refractivity contribution in [3.63, 3.8) is 0 Å². The van der Waals surface area contributed by atoms with Crippen LogP contribution in [0.1, 0.15) is 5.56 Å². The first-order chi connectivity index (χ1) is 8.65. The number of hydrogen-bond acceptors (Lipinski definition) is 6. The fourth-order valence-electron chi connectivity index (χ4n) is 1.10. The van der Waals surface area contributed by atoms with Gasteiger partial charge in [0.1, 0.15) is 0 Å². The smallest absolute Gasteiger partial charge is 0.331 e. The molecule has 1 aromatic carbocycles. The van der Waals surface area contributed by atoms with Crippen molar-refractivity contribution in [3.8, 4) is 0 Å². The zero-order valence-corrected chi connectivity index (χ0v) is 10.6. The molecule has 0 aliphatic heterocycles. The topological polar surface area (TPSA) is 116 Å². The first-order valence-corrected chi connectivity index (χ1v) is 6.75. The van der Waals surface area contributed by atoms with Crippen LogP contribution >= 0.6 is 16.9 Å². The summed E-state index contributed by atoms with van der Waals surface area (Å²) in [6, 6.07) is 0.393. The normalized spacial score (nSPS) is 16.4. The Morgan fingerprint density at radius 2 is 1.68 bits per heavy atom. The van der Waals surface area contributed by atoms with Crippen molar-refractivity contribution in [1.29, 1.82) is 0 Å². The van der Waals surface area contributed by atoms with E-state index in [9.17, 15) is 22.8 Å². The van der Waals surface area contributed by atoms with Crippen LogP contribution in [0.15, 0.2) is 12.1 Å². The van der Waals surface area contributed by atoms with Crippen LogP contribution in [0.5, 0.6) is 0 Å². The van der Waals surface area contributed by atoms with Gasteiger partial charge in [-0.15, -0.1) is 0 Å². The van der Waals surface area contributed by atoms with Crippen molar-refractivity contribution < 1.29 is 46.6 Å². The van der Waals surface area contributed by atoms with E-state index in [0.717, 1.165) is 0 Å². The molecule has 0 spiro atoms. The molecule has 2 atom stereocenters. The zero-order chi connectivity index (χ0) is 14.8. The Kier molecular flexibility index (Phi) is 5.43. The highest BCUT2D eigenvalue weighted by molar-refractivity contribution is 7.39. The Morgan fingerprint density at radius 3 is 2.05 bits per heavy atom. The van der Waals surface area contributed by atoms with Gasteiger partial charge in [0.2, 0.25) is 0 Å². The summed E-state index contributed by atoms with van der Waals surface area (Å²) in [7, 11) is -7.21. The molecular weight excluding hydrogens is 315 g/mol. The van der Waals surface area contributed by atoms with Gasteiger partial charge in [-0.3, -0.25) is 4.57 Å². The van der Waals surface area contributed by atoms with Crippen molar-refractivity contribution in [3.05, 3.63) is 35.1 Å². The first kappa shape index (κ1) is 16.5. The van der Waals surface area contributed by atoms with Gasteiger partial charge in [0.05, 0.1) is 0 Å². The van der Waals surface area contributed by atoms with E-state index >= 15 is 0 Å². The number of aliphatic hydroxyl groups is 1. The third-order valence-electron chi connectivity index (χ3n) is 1.78. The summed E-state index contributed by atoms with van der Waals surface area (Å²) in [6.45, 7) is 0. The summed E-state index contributed by atoms with van der Waals surface area (Å²) >= 11 is 0. The molecule has 2 unspecified atom stereocenters. The van der Waals surface area contributed by atoms with E-state index in [-0.39, 0.29) is 12.1 Å². The number of halogens is 3. The predicted octanol–water partition coefficient (Wildman–Crippen LogP) is 0.833. The highest BCUT2D eigenvalue weighted by Gasteiger charge is 2.38. The molecule has 0 saturated carbocycles. The highest BCUT2D eigenvalue weighted by atomic mass is 31.2. The number of rotatable bonds is 5. The first-order valence-electron chi connectivity index (χ1n) is 4.32. The summed E-state index contributed by atoms with van der Waals surface area (Å²) in [5.41, 5.74) is -0.980. The molecule has 4 N–H and O–H groups in total. The molecule has 0 aromatic heterocycles. The summed E-state index contributed by atoms with van der Waals surface area (Å²) in [5, 5.41) is 9.62. The molecule has 0 aliphatic rings. The van der Waals surface area contributed by atoms with Crippen LogP contribution in [0.25, 0.3) is 0 Å². The lowest BCUT2D eigenvalue weighted by atomic mass is 10.1. The molecule has 1 rings (SSSR count). The fourth-order valence-corrected chi connectivity index (χ4v) is 1.93. The Hall–Kier alpha value is -0.570. The van der Waals surface area contributed by atoms with Gasteiger partial charge in [-0.1, -0.05) is 0 Å². The maximum atomic E-state index is 13.0. The van der Waals surface area contributed by atoms with Crippen molar-refractivity contribution in [2.45, 2.75) is 5.97 Å². The maximum Gasteiger partial charge on any atom is 0.331 e. The average molecular weight is 322 g/mol. The molecule has 12 heteroatoms. The molecule has 0 amide bonds. The van der Waals surface area contributed by atoms with Crippen molar-refractivity contribution in [1.82, 2.24) is 0 Å². The van der Waals surface area contributed by atoms with E-state index in [0.29, 0.717) is 0 Å². The molecule has 7 nitrogen and oxygen atoms in total. The number of hydrogen-bond donors (Lipinski definition) is 4. The monoisotopic (exact) mass is 322 g/mol. The molecule has 0 aliphatic carbocycles. The minimum atomic E-state index is -3.89. The van der Waals surface area contributed by atoms with Gasteiger partial charge >= 0.3 is 22.8 Å². The van der Waals surface area contributed by atoms with E-state index in [1.807, 2.05) is 0 Å². The van der Waals surface area contributed by atoms with E-state index in [1.165, 1.54) is 0 Å². The highest BCUT2D eigenvalue weighted by Crippen LogP contribution is 2.43. The van der Waals surface area contributed by atoms with Crippen LogP contribution in [0.3, 0.4) is 0 Å². The lowest BCUT2D eigenvalue weighted by molar-refractivity contribution is -0.287. The van der Waals surface area contributed by atoms with Gasteiger partial charge < -0.3 is 19.8 Å². The van der Waals surface area contributed by atoms with Gasteiger partial charge in [0, 0.05) is 5.56 Å². The second kappa shape index (κ2) is 6.25. The van der Waals surface area contributed by atoms with Crippen LogP contribution in [-0.4, -0.2) is 19.8 Å². The SMILES string of the molecule is O=[PH](O)OC(O)(OP(O)O)c1cc(F)c(F)c(F)c1. The average Bonchev–Trinajstić information content (AvgIpc) is 2.22. The summed E-state index contributed by atoms with van der Waals surface area (Å²) in [4.78, 5) is 25.7. The molecule has 108 valence electrons. The summed E-state index contributed by atoms with van der Waals surface area (Å²) in [5.74, 6) is -8.69. The minimum Gasteiger partial charge on any atom is -0.339 e. The molecule has 0 fully saturated rings. The molecular formula is C7H7F3O7P2. The van der Waals surface area contributed by atoms with Gasteiger partial charge in [-0.2, -0.15) is 0 Å². The van der Waals surface area contributed by atoms with Crippen LogP contribution in [-0.2, 0) is 19.6 Å². The molecule has 19 heavy (non-hydrogen) atoms. The zero-order valence-electron chi connectivity index (χ0n) is 8.75. The van der Waals surface area contributed by atoms with Gasteiger partial charge in [0.15, 0.2) is 17.5 Å². The van der Waals surface area contributed by atoms with E-state index < -0.39 is 45.8 Å². The largest absolute Gasteiger partial charge is 0.339 e. The van der Waals surface area contributed by atoms with Crippen molar-refractivity contribution in [2.75, 3.05) is 0 Å². The van der Waals surface area contributed by atoms with E-state index in [2.05, 4.69) is 9.05 Å². The van der Waals surface area contributed by atoms with Crippen LogP contribution in [0, 0.1) is 17.5 Å². The molecule has 0 saturated heterocycles. The summed E-state index contributed by atoms with van der Waals surface area (Å²) in [6.07, 6.45) is 0. The molecule has 0 bridgehead atoms.